The second-order valence-electron chi connectivity index (χ2n) is 4.54. The van der Waals surface area contributed by atoms with Crippen LogP contribution in [0.3, 0.4) is 0 Å². The molecule has 98 valence electrons. The first-order valence-corrected chi connectivity index (χ1v) is 6.16. The van der Waals surface area contributed by atoms with Crippen molar-refractivity contribution in [2.75, 3.05) is 13.7 Å². The van der Waals surface area contributed by atoms with Gasteiger partial charge >= 0.3 is 0 Å². The molecular formula is C13H18N2O3. The van der Waals surface area contributed by atoms with E-state index in [0.29, 0.717) is 17.9 Å². The number of carbonyl (C=O) groups is 1. The molecule has 2 N–H and O–H groups in total. The molecule has 0 spiro atoms. The summed E-state index contributed by atoms with van der Waals surface area (Å²) in [7, 11) is 1.51. The minimum absolute atomic E-state index is 0.168. The smallest absolute Gasteiger partial charge is 0.255 e. The van der Waals surface area contributed by atoms with Crippen molar-refractivity contribution in [3.63, 3.8) is 0 Å². The van der Waals surface area contributed by atoms with E-state index < -0.39 is 0 Å². The summed E-state index contributed by atoms with van der Waals surface area (Å²) < 4.78 is 5.09. The Morgan fingerprint density at radius 3 is 3.11 bits per heavy atom. The van der Waals surface area contributed by atoms with Crippen LogP contribution in [0.25, 0.3) is 0 Å². The highest BCUT2D eigenvalue weighted by molar-refractivity contribution is 5.96. The molecule has 2 rings (SSSR count). The van der Waals surface area contributed by atoms with Crippen molar-refractivity contribution in [3.8, 4) is 5.75 Å². The second kappa shape index (κ2) is 5.82. The molecule has 0 aliphatic heterocycles. The van der Waals surface area contributed by atoms with Crippen LogP contribution in [0.5, 0.6) is 5.75 Å². The van der Waals surface area contributed by atoms with Gasteiger partial charge in [-0.05, 0) is 18.9 Å². The highest BCUT2D eigenvalue weighted by atomic mass is 16.5. The Morgan fingerprint density at radius 2 is 2.44 bits per heavy atom. The first kappa shape index (κ1) is 12.8. The molecule has 1 aliphatic rings. The number of rotatable bonds is 4. The van der Waals surface area contributed by atoms with Gasteiger partial charge in [0, 0.05) is 18.7 Å². The first-order valence-electron chi connectivity index (χ1n) is 6.16. The molecule has 1 aromatic rings. The molecular weight excluding hydrogens is 232 g/mol. The van der Waals surface area contributed by atoms with Crippen molar-refractivity contribution in [2.24, 2.45) is 5.92 Å². The van der Waals surface area contributed by atoms with E-state index in [9.17, 15) is 9.90 Å². The van der Waals surface area contributed by atoms with E-state index in [1.165, 1.54) is 13.3 Å². The molecule has 1 aromatic heterocycles. The summed E-state index contributed by atoms with van der Waals surface area (Å²) in [5.74, 6) is 0.442. The van der Waals surface area contributed by atoms with Crippen LogP contribution in [0.1, 0.15) is 29.6 Å². The van der Waals surface area contributed by atoms with Crippen molar-refractivity contribution in [2.45, 2.75) is 25.4 Å². The summed E-state index contributed by atoms with van der Waals surface area (Å²) >= 11 is 0. The number of hydrogen-bond acceptors (Lipinski definition) is 4. The molecule has 0 bridgehead atoms. The Bertz CT molecular complexity index is 422. The van der Waals surface area contributed by atoms with E-state index in [0.717, 1.165) is 19.3 Å². The Labute approximate surface area is 106 Å². The lowest BCUT2D eigenvalue weighted by atomic mass is 10.1. The van der Waals surface area contributed by atoms with Crippen molar-refractivity contribution in [3.05, 3.63) is 24.0 Å². The van der Waals surface area contributed by atoms with Gasteiger partial charge in [-0.3, -0.25) is 9.78 Å². The minimum atomic E-state index is -0.287. The number of aliphatic hydroxyl groups excluding tert-OH is 1. The van der Waals surface area contributed by atoms with Crippen LogP contribution in [-0.4, -0.2) is 35.8 Å². The van der Waals surface area contributed by atoms with Crippen molar-refractivity contribution >= 4 is 5.91 Å². The number of nitrogens with one attached hydrogen (secondary N) is 1. The zero-order valence-electron chi connectivity index (χ0n) is 10.4. The molecule has 0 saturated heterocycles. The lowest BCUT2D eigenvalue weighted by molar-refractivity contribution is 0.0914. The summed E-state index contributed by atoms with van der Waals surface area (Å²) in [6.45, 7) is 0.505. The zero-order chi connectivity index (χ0) is 13.0. The summed E-state index contributed by atoms with van der Waals surface area (Å²) in [5.41, 5.74) is 0.472. The molecule has 0 radical (unpaired) electrons. The fourth-order valence-electron chi connectivity index (χ4n) is 2.30. The average molecular weight is 250 g/mol. The monoisotopic (exact) mass is 250 g/mol. The number of hydrogen-bond donors (Lipinski definition) is 2. The summed E-state index contributed by atoms with van der Waals surface area (Å²) in [6.07, 6.45) is 5.61. The van der Waals surface area contributed by atoms with E-state index in [2.05, 4.69) is 10.3 Å². The molecule has 18 heavy (non-hydrogen) atoms. The van der Waals surface area contributed by atoms with Crippen LogP contribution in [0, 0.1) is 5.92 Å². The molecule has 2 atom stereocenters. The van der Waals surface area contributed by atoms with E-state index in [-0.39, 0.29) is 17.9 Å². The van der Waals surface area contributed by atoms with Gasteiger partial charge in [-0.15, -0.1) is 0 Å². The van der Waals surface area contributed by atoms with E-state index in [1.54, 1.807) is 12.3 Å². The van der Waals surface area contributed by atoms with Gasteiger partial charge in [-0.25, -0.2) is 0 Å². The van der Waals surface area contributed by atoms with Gasteiger partial charge in [-0.2, -0.15) is 0 Å². The Balaban J connectivity index is 1.95. The molecule has 2 unspecified atom stereocenters. The number of amides is 1. The summed E-state index contributed by atoms with van der Waals surface area (Å²) in [5, 5.41) is 12.5. The lowest BCUT2D eigenvalue weighted by Crippen LogP contribution is -2.32. The summed E-state index contributed by atoms with van der Waals surface area (Å²) in [6, 6.07) is 1.62. The molecule has 1 aliphatic carbocycles. The zero-order valence-corrected chi connectivity index (χ0v) is 10.4. The van der Waals surface area contributed by atoms with E-state index >= 15 is 0 Å². The third kappa shape index (κ3) is 2.79. The molecule has 1 fully saturated rings. The van der Waals surface area contributed by atoms with Gasteiger partial charge in [0.1, 0.15) is 5.75 Å². The van der Waals surface area contributed by atoms with Crippen molar-refractivity contribution in [1.29, 1.82) is 0 Å². The molecule has 5 heteroatoms. The Hall–Kier alpha value is -1.62. The maximum atomic E-state index is 12.0. The molecule has 1 saturated carbocycles. The third-order valence-electron chi connectivity index (χ3n) is 3.39. The average Bonchev–Trinajstić information content (AvgIpc) is 2.81. The lowest BCUT2D eigenvalue weighted by Gasteiger charge is -2.15. The van der Waals surface area contributed by atoms with Gasteiger partial charge < -0.3 is 15.2 Å². The Kier molecular flexibility index (Phi) is 4.15. The third-order valence-corrected chi connectivity index (χ3v) is 3.39. The van der Waals surface area contributed by atoms with Gasteiger partial charge in [0.05, 0.1) is 25.0 Å². The standard InChI is InChI=1S/C13H18N2O3/c1-18-12-8-14-6-5-10(12)13(17)15-7-9-3-2-4-11(9)16/h5-6,8-9,11,16H,2-4,7H2,1H3,(H,15,17). The Morgan fingerprint density at radius 1 is 1.61 bits per heavy atom. The van der Waals surface area contributed by atoms with Gasteiger partial charge in [0.2, 0.25) is 0 Å². The highest BCUT2D eigenvalue weighted by Crippen LogP contribution is 2.25. The number of methoxy groups -OCH3 is 1. The second-order valence-corrected chi connectivity index (χ2v) is 4.54. The predicted molar refractivity (Wildman–Crippen MR) is 66.5 cm³/mol. The predicted octanol–water partition coefficient (Wildman–Crippen LogP) is 0.981. The fraction of sp³-hybridized carbons (Fsp3) is 0.538. The number of ether oxygens (including phenoxy) is 1. The van der Waals surface area contributed by atoms with Crippen LogP contribution in [0.4, 0.5) is 0 Å². The molecule has 5 nitrogen and oxygen atoms in total. The van der Waals surface area contributed by atoms with Crippen LogP contribution in [-0.2, 0) is 0 Å². The van der Waals surface area contributed by atoms with Gasteiger partial charge in [0.25, 0.3) is 5.91 Å². The fourth-order valence-corrected chi connectivity index (χ4v) is 2.30. The minimum Gasteiger partial charge on any atom is -0.494 e. The maximum absolute atomic E-state index is 12.0. The quantitative estimate of drug-likeness (QED) is 0.835. The summed E-state index contributed by atoms with van der Waals surface area (Å²) in [4.78, 5) is 15.9. The van der Waals surface area contributed by atoms with Gasteiger partial charge in [0.15, 0.2) is 0 Å². The number of aliphatic hydroxyl groups is 1. The van der Waals surface area contributed by atoms with Crippen molar-refractivity contribution < 1.29 is 14.6 Å². The first-order chi connectivity index (χ1) is 8.72. The van der Waals surface area contributed by atoms with Crippen LogP contribution >= 0.6 is 0 Å². The number of aromatic nitrogens is 1. The highest BCUT2D eigenvalue weighted by Gasteiger charge is 2.25. The maximum Gasteiger partial charge on any atom is 0.255 e. The molecule has 0 aromatic carbocycles. The normalized spacial score (nSPS) is 22.8. The van der Waals surface area contributed by atoms with Gasteiger partial charge in [-0.1, -0.05) is 6.42 Å². The SMILES string of the molecule is COc1cnccc1C(=O)NCC1CCCC1O. The topological polar surface area (TPSA) is 71.5 Å². The van der Waals surface area contributed by atoms with Crippen LogP contribution in [0.2, 0.25) is 0 Å². The van der Waals surface area contributed by atoms with E-state index in [4.69, 9.17) is 4.74 Å². The number of carbonyl (C=O) groups excluding carboxylic acids is 1. The molecule has 1 amide bonds. The van der Waals surface area contributed by atoms with Crippen LogP contribution < -0.4 is 10.1 Å². The van der Waals surface area contributed by atoms with Crippen LogP contribution in [0.15, 0.2) is 18.5 Å². The van der Waals surface area contributed by atoms with Crippen molar-refractivity contribution in [1.82, 2.24) is 10.3 Å². The largest absolute Gasteiger partial charge is 0.494 e. The number of nitrogens with zero attached hydrogens (tertiary/aromatic N) is 1. The molecule has 1 heterocycles. The van der Waals surface area contributed by atoms with E-state index in [1.807, 2.05) is 0 Å². The number of pyridine rings is 1.